The Morgan fingerprint density at radius 2 is 1.64 bits per heavy atom. The lowest BCUT2D eigenvalue weighted by atomic mass is 10.3. The number of carbonyl (C=O) groups excluding carboxylic acids is 1. The fraction of sp³-hybridized carbons (Fsp3) is 0.125. The summed E-state index contributed by atoms with van der Waals surface area (Å²) in [4.78, 5) is 12.6. The summed E-state index contributed by atoms with van der Waals surface area (Å²) in [7, 11) is 0. The number of hydrogen-bond donors (Lipinski definition) is 1. The van der Waals surface area contributed by atoms with E-state index in [2.05, 4.69) is 15.5 Å². The van der Waals surface area contributed by atoms with Gasteiger partial charge in [-0.15, -0.1) is 10.2 Å². The molecule has 1 aromatic heterocycles. The quantitative estimate of drug-likeness (QED) is 0.360. The Balaban J connectivity index is 1.55. The van der Waals surface area contributed by atoms with Gasteiger partial charge < -0.3 is 10.1 Å². The van der Waals surface area contributed by atoms with E-state index in [1.165, 1.54) is 36.0 Å². The Morgan fingerprint density at radius 1 is 0.970 bits per heavy atom. The molecule has 3 aromatic carbocycles. The number of halogens is 2. The monoisotopic (exact) mass is 466 g/mol. The molecule has 4 aromatic rings. The van der Waals surface area contributed by atoms with Crippen LogP contribution in [0.25, 0.3) is 5.69 Å². The van der Waals surface area contributed by atoms with Gasteiger partial charge in [-0.2, -0.15) is 0 Å². The highest BCUT2D eigenvalue weighted by Gasteiger charge is 2.22. The van der Waals surface area contributed by atoms with E-state index in [9.17, 15) is 13.6 Å². The maximum atomic E-state index is 13.9. The molecule has 0 saturated heterocycles. The van der Waals surface area contributed by atoms with Crippen LogP contribution in [-0.4, -0.2) is 25.9 Å². The average Bonchev–Trinajstić information content (AvgIpc) is 3.22. The molecular weight excluding hydrogens is 446 g/mol. The molecule has 1 heterocycles. The molecule has 0 saturated carbocycles. The predicted molar refractivity (Wildman–Crippen MR) is 122 cm³/mol. The highest BCUT2D eigenvalue weighted by molar-refractivity contribution is 8.00. The van der Waals surface area contributed by atoms with Crippen molar-refractivity contribution in [1.29, 1.82) is 0 Å². The number of rotatable bonds is 8. The zero-order valence-corrected chi connectivity index (χ0v) is 18.4. The first-order valence-corrected chi connectivity index (χ1v) is 11.0. The number of benzene rings is 3. The molecule has 0 fully saturated rings. The molecule has 9 heteroatoms. The van der Waals surface area contributed by atoms with Crippen molar-refractivity contribution >= 4 is 23.4 Å². The number of nitrogens with zero attached hydrogens (tertiary/aromatic N) is 3. The first-order valence-electron chi connectivity index (χ1n) is 10.1. The summed E-state index contributed by atoms with van der Waals surface area (Å²) in [6.07, 6.45) is 0. The number of hydrogen-bond acceptors (Lipinski definition) is 5. The summed E-state index contributed by atoms with van der Waals surface area (Å²) in [6, 6.07) is 21.4. The second kappa shape index (κ2) is 10.3. The predicted octanol–water partition coefficient (Wildman–Crippen LogP) is 5.24. The molecule has 0 aliphatic carbocycles. The molecule has 1 unspecified atom stereocenters. The van der Waals surface area contributed by atoms with Gasteiger partial charge in [0.25, 0.3) is 0 Å². The molecule has 1 amide bonds. The van der Waals surface area contributed by atoms with Gasteiger partial charge in [0.2, 0.25) is 5.91 Å². The van der Waals surface area contributed by atoms with E-state index in [4.69, 9.17) is 4.74 Å². The van der Waals surface area contributed by atoms with Gasteiger partial charge in [-0.1, -0.05) is 54.2 Å². The second-order valence-electron chi connectivity index (χ2n) is 7.02. The van der Waals surface area contributed by atoms with Gasteiger partial charge in [-0.05, 0) is 43.3 Å². The molecule has 0 spiro atoms. The molecule has 4 rings (SSSR count). The fourth-order valence-corrected chi connectivity index (χ4v) is 3.91. The Bertz CT molecular complexity index is 1250. The maximum absolute atomic E-state index is 13.9. The van der Waals surface area contributed by atoms with Crippen molar-refractivity contribution in [2.24, 2.45) is 0 Å². The number of para-hydroxylation sites is 3. The standard InChI is InChI=1S/C24H20F2N4O2S/c1-16(23(31)27-20-13-7-5-11-18(20)25)33-24-29-28-22(30(24)17-9-3-2-4-10-17)15-32-21-14-8-6-12-19(21)26/h2-14,16H,15H2,1H3,(H,27,31). The van der Waals surface area contributed by atoms with E-state index in [-0.39, 0.29) is 24.0 Å². The number of aromatic nitrogens is 3. The molecule has 0 radical (unpaired) electrons. The molecule has 6 nitrogen and oxygen atoms in total. The maximum Gasteiger partial charge on any atom is 0.237 e. The largest absolute Gasteiger partial charge is 0.483 e. The number of nitrogens with one attached hydrogen (secondary N) is 1. The van der Waals surface area contributed by atoms with E-state index in [1.807, 2.05) is 30.3 Å². The smallest absolute Gasteiger partial charge is 0.237 e. The van der Waals surface area contributed by atoms with E-state index >= 15 is 0 Å². The lowest BCUT2D eigenvalue weighted by Gasteiger charge is -2.14. The highest BCUT2D eigenvalue weighted by Crippen LogP contribution is 2.27. The van der Waals surface area contributed by atoms with Gasteiger partial charge in [-0.3, -0.25) is 9.36 Å². The van der Waals surface area contributed by atoms with Crippen molar-refractivity contribution in [2.75, 3.05) is 5.32 Å². The SMILES string of the molecule is CC(Sc1nnc(COc2ccccc2F)n1-c1ccccc1)C(=O)Nc1ccccc1F. The van der Waals surface area contributed by atoms with E-state index in [0.717, 1.165) is 5.69 Å². The van der Waals surface area contributed by atoms with Crippen molar-refractivity contribution in [3.05, 3.63) is 96.3 Å². The van der Waals surface area contributed by atoms with Crippen molar-refractivity contribution in [1.82, 2.24) is 14.8 Å². The second-order valence-corrected chi connectivity index (χ2v) is 8.33. The van der Waals surface area contributed by atoms with Gasteiger partial charge in [-0.25, -0.2) is 8.78 Å². The van der Waals surface area contributed by atoms with Gasteiger partial charge >= 0.3 is 0 Å². The van der Waals surface area contributed by atoms with E-state index in [0.29, 0.717) is 11.0 Å². The molecule has 0 aliphatic rings. The molecule has 33 heavy (non-hydrogen) atoms. The third-order valence-electron chi connectivity index (χ3n) is 4.69. The summed E-state index contributed by atoms with van der Waals surface area (Å²) >= 11 is 1.17. The van der Waals surface area contributed by atoms with Crippen LogP contribution in [0.5, 0.6) is 5.75 Å². The summed E-state index contributed by atoms with van der Waals surface area (Å²) in [6.45, 7) is 1.67. The van der Waals surface area contributed by atoms with Crippen LogP contribution in [0.1, 0.15) is 12.7 Å². The average molecular weight is 467 g/mol. The summed E-state index contributed by atoms with van der Waals surface area (Å²) in [5, 5.41) is 10.9. The van der Waals surface area contributed by atoms with Crippen LogP contribution in [0.3, 0.4) is 0 Å². The number of anilines is 1. The summed E-state index contributed by atoms with van der Waals surface area (Å²) in [5.41, 5.74) is 0.872. The van der Waals surface area contributed by atoms with Crippen LogP contribution in [0.2, 0.25) is 0 Å². The first-order chi connectivity index (χ1) is 16.0. The minimum Gasteiger partial charge on any atom is -0.483 e. The normalized spacial score (nSPS) is 11.7. The van der Waals surface area contributed by atoms with Crippen LogP contribution in [0, 0.1) is 11.6 Å². The third kappa shape index (κ3) is 5.38. The molecule has 1 atom stereocenters. The first kappa shape index (κ1) is 22.5. The number of carbonyl (C=O) groups is 1. The van der Waals surface area contributed by atoms with Crippen molar-refractivity contribution in [2.45, 2.75) is 23.9 Å². The van der Waals surface area contributed by atoms with Gasteiger partial charge in [0.1, 0.15) is 12.4 Å². The topological polar surface area (TPSA) is 69.0 Å². The highest BCUT2D eigenvalue weighted by atomic mass is 32.2. The number of amides is 1. The summed E-state index contributed by atoms with van der Waals surface area (Å²) in [5.74, 6) is -0.822. The lowest BCUT2D eigenvalue weighted by Crippen LogP contribution is -2.23. The molecule has 0 aliphatic heterocycles. The fourth-order valence-electron chi connectivity index (χ4n) is 3.02. The zero-order valence-electron chi connectivity index (χ0n) is 17.6. The van der Waals surface area contributed by atoms with Gasteiger partial charge in [0, 0.05) is 5.69 Å². The minimum atomic E-state index is -0.600. The van der Waals surface area contributed by atoms with E-state index < -0.39 is 16.9 Å². The van der Waals surface area contributed by atoms with Crippen molar-refractivity contribution in [3.8, 4) is 11.4 Å². The molecular formula is C24H20F2N4O2S. The van der Waals surface area contributed by atoms with Crippen molar-refractivity contribution in [3.63, 3.8) is 0 Å². The lowest BCUT2D eigenvalue weighted by molar-refractivity contribution is -0.115. The van der Waals surface area contributed by atoms with Gasteiger partial charge in [0.15, 0.2) is 22.5 Å². The van der Waals surface area contributed by atoms with Crippen LogP contribution < -0.4 is 10.1 Å². The molecule has 0 bridgehead atoms. The molecule has 168 valence electrons. The van der Waals surface area contributed by atoms with Crippen LogP contribution >= 0.6 is 11.8 Å². The summed E-state index contributed by atoms with van der Waals surface area (Å²) < 4.78 is 35.2. The van der Waals surface area contributed by atoms with Crippen LogP contribution in [-0.2, 0) is 11.4 Å². The van der Waals surface area contributed by atoms with Gasteiger partial charge in [0.05, 0.1) is 10.9 Å². The number of ether oxygens (including phenoxy) is 1. The van der Waals surface area contributed by atoms with Crippen molar-refractivity contribution < 1.29 is 18.3 Å². The van der Waals surface area contributed by atoms with Crippen LogP contribution in [0.15, 0.2) is 84.0 Å². The molecule has 1 N–H and O–H groups in total. The number of thioether (sulfide) groups is 1. The zero-order chi connectivity index (χ0) is 23.2. The third-order valence-corrected chi connectivity index (χ3v) is 5.73. The Hall–Kier alpha value is -3.72. The Kier molecular flexibility index (Phi) is 6.99. The van der Waals surface area contributed by atoms with Crippen LogP contribution in [0.4, 0.5) is 14.5 Å². The minimum absolute atomic E-state index is 0.0286. The Morgan fingerprint density at radius 3 is 2.36 bits per heavy atom. The van der Waals surface area contributed by atoms with E-state index in [1.54, 1.807) is 35.8 Å². The Labute approximate surface area is 193 Å².